The summed E-state index contributed by atoms with van der Waals surface area (Å²) < 4.78 is 7.08. The Kier molecular flexibility index (Phi) is 6.07. The van der Waals surface area contributed by atoms with Crippen LogP contribution in [0.15, 0.2) is 35.3 Å². The van der Waals surface area contributed by atoms with E-state index in [4.69, 9.17) is 4.74 Å². The predicted octanol–water partition coefficient (Wildman–Crippen LogP) is 3.38. The molecule has 0 bridgehead atoms. The topological polar surface area (TPSA) is 57.9 Å². The number of aromatic nitrogens is 2. The quantitative estimate of drug-likeness (QED) is 0.471. The summed E-state index contributed by atoms with van der Waals surface area (Å²) in [4.78, 5) is 16.2. The third-order valence-electron chi connectivity index (χ3n) is 2.25. The van der Waals surface area contributed by atoms with E-state index < -0.39 is 0 Å². The Hall–Kier alpha value is -0.160. The molecule has 0 saturated heterocycles. The van der Waals surface area contributed by atoms with E-state index in [1.807, 2.05) is 24.3 Å². The minimum atomic E-state index is -0.156. The Morgan fingerprint density at radius 3 is 2.84 bits per heavy atom. The number of nitrogens with one attached hydrogen (secondary N) is 2. The number of hydrogen-bond acceptors (Lipinski definition) is 3. The van der Waals surface area contributed by atoms with Crippen molar-refractivity contribution in [3.63, 3.8) is 0 Å². The fourth-order valence-electron chi connectivity index (χ4n) is 1.42. The smallest absolute Gasteiger partial charge is 0.323 e. The molecule has 2 rings (SSSR count). The Morgan fingerprint density at radius 2 is 2.16 bits per heavy atom. The van der Waals surface area contributed by atoms with E-state index >= 15 is 0 Å². The molecule has 2 aromatic rings. The molecule has 0 aliphatic heterocycles. The molecule has 0 saturated carbocycles. The van der Waals surface area contributed by atoms with Crippen LogP contribution < -0.4 is 10.4 Å². The number of alkyl halides is 1. The van der Waals surface area contributed by atoms with Gasteiger partial charge < -0.3 is 14.7 Å². The molecular weight excluding hydrogens is 490 g/mol. The summed E-state index contributed by atoms with van der Waals surface area (Å²) in [6.07, 6.45) is 1.71. The van der Waals surface area contributed by atoms with Gasteiger partial charge in [0.1, 0.15) is 5.75 Å². The molecule has 0 radical (unpaired) electrons. The van der Waals surface area contributed by atoms with Gasteiger partial charge in [0.2, 0.25) is 0 Å². The average Bonchev–Trinajstić information content (AvgIpc) is 2.78. The number of hydrogen-bond donors (Lipinski definition) is 2. The van der Waals surface area contributed by atoms with Gasteiger partial charge in [0.15, 0.2) is 4.11 Å². The molecule has 1 heterocycles. The van der Waals surface area contributed by atoms with Crippen molar-refractivity contribution in [1.29, 1.82) is 0 Å². The van der Waals surface area contributed by atoms with Gasteiger partial charge in [-0.2, -0.15) is 11.8 Å². The molecule has 19 heavy (non-hydrogen) atoms. The molecule has 0 fully saturated rings. The predicted molar refractivity (Wildman–Crippen MR) is 95.2 cm³/mol. The first kappa shape index (κ1) is 15.2. The third-order valence-corrected chi connectivity index (χ3v) is 5.49. The highest BCUT2D eigenvalue weighted by Gasteiger charge is 2.08. The van der Waals surface area contributed by atoms with Crippen molar-refractivity contribution in [3.05, 3.63) is 50.2 Å². The van der Waals surface area contributed by atoms with Gasteiger partial charge in [0, 0.05) is 23.4 Å². The van der Waals surface area contributed by atoms with Crippen LogP contribution in [0.25, 0.3) is 0 Å². The zero-order valence-corrected chi connectivity index (χ0v) is 15.0. The summed E-state index contributed by atoms with van der Waals surface area (Å²) >= 11 is 6.28. The van der Waals surface area contributed by atoms with Crippen LogP contribution in [0.3, 0.4) is 0 Å². The van der Waals surface area contributed by atoms with E-state index in [2.05, 4.69) is 55.1 Å². The van der Waals surface area contributed by atoms with Gasteiger partial charge in [-0.3, -0.25) is 0 Å². The summed E-state index contributed by atoms with van der Waals surface area (Å²) in [6.45, 7) is 0. The molecule has 0 aliphatic rings. The number of aromatic amines is 2. The van der Waals surface area contributed by atoms with E-state index in [0.29, 0.717) is 0 Å². The minimum absolute atomic E-state index is 0.101. The standard InChI is InChI=1S/C12H12I2N2O2S/c13-9-3-1-2-4-10(9)18-11(14)7-19-6-8-5-15-12(17)16-8/h1-5,11H,6-7H2,(H2,15,16,17). The van der Waals surface area contributed by atoms with Crippen molar-refractivity contribution >= 4 is 56.9 Å². The van der Waals surface area contributed by atoms with Crippen LogP contribution in [-0.4, -0.2) is 19.8 Å². The molecule has 1 aromatic carbocycles. The molecule has 4 nitrogen and oxygen atoms in total. The number of rotatable bonds is 6. The number of imidazole rings is 1. The highest BCUT2D eigenvalue weighted by atomic mass is 127. The monoisotopic (exact) mass is 502 g/mol. The average molecular weight is 502 g/mol. The van der Waals surface area contributed by atoms with Gasteiger partial charge in [-0.1, -0.05) is 12.1 Å². The van der Waals surface area contributed by atoms with E-state index in [1.54, 1.807) is 18.0 Å². The van der Waals surface area contributed by atoms with Crippen molar-refractivity contribution in [1.82, 2.24) is 9.97 Å². The number of thioether (sulfide) groups is 1. The molecule has 102 valence electrons. The van der Waals surface area contributed by atoms with Crippen LogP contribution in [-0.2, 0) is 5.75 Å². The number of H-pyrrole nitrogens is 2. The number of para-hydroxylation sites is 1. The molecule has 0 amide bonds. The van der Waals surface area contributed by atoms with Gasteiger partial charge in [0.25, 0.3) is 0 Å². The van der Waals surface area contributed by atoms with Crippen LogP contribution >= 0.6 is 56.9 Å². The maximum atomic E-state index is 10.9. The maximum Gasteiger partial charge on any atom is 0.323 e. The lowest BCUT2D eigenvalue weighted by Crippen LogP contribution is -2.11. The van der Waals surface area contributed by atoms with Gasteiger partial charge in [-0.15, -0.1) is 0 Å². The number of halogens is 2. The Balaban J connectivity index is 1.77. The van der Waals surface area contributed by atoms with Gasteiger partial charge >= 0.3 is 5.69 Å². The van der Waals surface area contributed by atoms with E-state index in [1.165, 1.54) is 0 Å². The largest absolute Gasteiger partial charge is 0.478 e. The summed E-state index contributed by atoms with van der Waals surface area (Å²) in [5, 5.41) is 0. The highest BCUT2D eigenvalue weighted by Crippen LogP contribution is 2.24. The normalized spacial score (nSPS) is 12.3. The fraction of sp³-hybridized carbons (Fsp3) is 0.250. The Labute approximate surface area is 142 Å². The third kappa shape index (κ3) is 5.03. The molecule has 0 aliphatic carbocycles. The molecule has 0 spiro atoms. The van der Waals surface area contributed by atoms with Gasteiger partial charge in [0.05, 0.1) is 3.57 Å². The van der Waals surface area contributed by atoms with Gasteiger partial charge in [-0.25, -0.2) is 4.79 Å². The minimum Gasteiger partial charge on any atom is -0.478 e. The van der Waals surface area contributed by atoms with Gasteiger partial charge in [-0.05, 0) is 57.3 Å². The highest BCUT2D eigenvalue weighted by molar-refractivity contribution is 14.1. The molecule has 2 N–H and O–H groups in total. The van der Waals surface area contributed by atoms with Crippen molar-refractivity contribution in [2.45, 2.75) is 9.86 Å². The zero-order valence-electron chi connectivity index (χ0n) is 9.86. The lowest BCUT2D eigenvalue weighted by molar-refractivity contribution is 0.324. The molecule has 1 unspecified atom stereocenters. The second-order valence-electron chi connectivity index (χ2n) is 3.74. The summed E-state index contributed by atoms with van der Waals surface area (Å²) in [5.41, 5.74) is 0.754. The lowest BCUT2D eigenvalue weighted by atomic mass is 10.3. The first-order valence-corrected chi connectivity index (χ1v) is 9.02. The Bertz CT molecular complexity index is 585. The number of benzene rings is 1. The summed E-state index contributed by atoms with van der Waals surface area (Å²) in [5.74, 6) is 2.55. The van der Waals surface area contributed by atoms with Crippen LogP contribution in [0.2, 0.25) is 0 Å². The van der Waals surface area contributed by atoms with Crippen LogP contribution in [0.5, 0.6) is 5.75 Å². The first-order valence-electron chi connectivity index (χ1n) is 5.55. The van der Waals surface area contributed by atoms with E-state index in [9.17, 15) is 4.79 Å². The first-order chi connectivity index (χ1) is 9.15. The second kappa shape index (κ2) is 7.58. The fourth-order valence-corrected chi connectivity index (χ4v) is 3.72. The SMILES string of the molecule is O=c1[nH]cc(CSCC(I)Oc2ccccc2I)[nH]1. The molecule has 1 aromatic heterocycles. The van der Waals surface area contributed by atoms with Crippen LogP contribution in [0, 0.1) is 3.57 Å². The van der Waals surface area contributed by atoms with Crippen LogP contribution in [0.4, 0.5) is 0 Å². The lowest BCUT2D eigenvalue weighted by Gasteiger charge is -2.13. The summed E-state index contributed by atoms with van der Waals surface area (Å²) in [7, 11) is 0. The Morgan fingerprint density at radius 1 is 1.37 bits per heavy atom. The van der Waals surface area contributed by atoms with E-state index in [-0.39, 0.29) is 9.80 Å². The van der Waals surface area contributed by atoms with Crippen molar-refractivity contribution < 1.29 is 4.74 Å². The second-order valence-corrected chi connectivity index (χ2v) is 7.32. The van der Waals surface area contributed by atoms with Crippen LogP contribution in [0.1, 0.15) is 5.69 Å². The van der Waals surface area contributed by atoms with E-state index in [0.717, 1.165) is 26.5 Å². The number of ether oxygens (including phenoxy) is 1. The zero-order chi connectivity index (χ0) is 13.7. The van der Waals surface area contributed by atoms with Crippen molar-refractivity contribution in [2.24, 2.45) is 0 Å². The molecule has 1 atom stereocenters. The maximum absolute atomic E-state index is 10.9. The molecule has 7 heteroatoms. The summed E-state index contributed by atoms with van der Waals surface area (Å²) in [6, 6.07) is 7.96. The van der Waals surface area contributed by atoms with Crippen molar-refractivity contribution in [2.75, 3.05) is 5.75 Å². The van der Waals surface area contributed by atoms with Crippen molar-refractivity contribution in [3.8, 4) is 5.75 Å². The molecular formula is C12H12I2N2O2S.